The van der Waals surface area contributed by atoms with Crippen LogP contribution in [0, 0.1) is 11.3 Å². The highest BCUT2D eigenvalue weighted by Gasteiger charge is 2.21. The van der Waals surface area contributed by atoms with Gasteiger partial charge in [0.15, 0.2) is 0 Å². The third-order valence-electron chi connectivity index (χ3n) is 1.63. The normalized spacial score (nSPS) is 14.2. The molecule has 0 spiro atoms. The van der Waals surface area contributed by atoms with Crippen LogP contribution in [0.25, 0.3) is 0 Å². The van der Waals surface area contributed by atoms with Gasteiger partial charge in [-0.1, -0.05) is 6.92 Å². The standard InChI is InChI=1S/C7H14N2O2S/c1-4-5-12(10,11)9(3)7(2)6-8/h7H,4-5H2,1-3H3. The monoisotopic (exact) mass is 190 g/mol. The SMILES string of the molecule is CCCS(=O)(=O)N(C)C(C)C#N. The number of rotatable bonds is 4. The maximum absolute atomic E-state index is 11.3. The van der Waals surface area contributed by atoms with Gasteiger partial charge < -0.3 is 0 Å². The highest BCUT2D eigenvalue weighted by atomic mass is 32.2. The molecule has 0 aliphatic carbocycles. The van der Waals surface area contributed by atoms with E-state index in [0.717, 1.165) is 4.31 Å². The summed E-state index contributed by atoms with van der Waals surface area (Å²) in [6.45, 7) is 3.36. The number of hydrogen-bond acceptors (Lipinski definition) is 3. The van der Waals surface area contributed by atoms with Gasteiger partial charge in [-0.3, -0.25) is 0 Å². The second kappa shape index (κ2) is 4.43. The van der Waals surface area contributed by atoms with Crippen molar-refractivity contribution in [2.24, 2.45) is 0 Å². The molecule has 0 amide bonds. The lowest BCUT2D eigenvalue weighted by atomic mass is 10.4. The Balaban J connectivity index is 4.49. The van der Waals surface area contributed by atoms with Crippen molar-refractivity contribution >= 4 is 10.0 Å². The first kappa shape index (κ1) is 11.4. The second-order valence-corrected chi connectivity index (χ2v) is 4.79. The maximum Gasteiger partial charge on any atom is 0.215 e. The molecule has 0 aromatic heterocycles. The van der Waals surface area contributed by atoms with Crippen LogP contribution in [0.2, 0.25) is 0 Å². The van der Waals surface area contributed by atoms with Crippen molar-refractivity contribution in [3.05, 3.63) is 0 Å². The molecule has 0 saturated heterocycles. The molecule has 0 aliphatic rings. The summed E-state index contributed by atoms with van der Waals surface area (Å²) in [5.41, 5.74) is 0. The first-order valence-corrected chi connectivity index (χ1v) is 5.42. The minimum absolute atomic E-state index is 0.107. The third kappa shape index (κ3) is 2.80. The van der Waals surface area contributed by atoms with E-state index in [2.05, 4.69) is 0 Å². The molecule has 0 aromatic carbocycles. The summed E-state index contributed by atoms with van der Waals surface area (Å²) in [6.07, 6.45) is 0.574. The van der Waals surface area contributed by atoms with Gasteiger partial charge in [0.25, 0.3) is 0 Å². The van der Waals surface area contributed by atoms with Crippen molar-refractivity contribution in [1.82, 2.24) is 4.31 Å². The first-order chi connectivity index (χ1) is 5.45. The molecule has 0 aliphatic heterocycles. The fourth-order valence-electron chi connectivity index (χ4n) is 0.724. The molecule has 5 heteroatoms. The predicted molar refractivity (Wildman–Crippen MR) is 46.9 cm³/mol. The Bertz CT molecular complexity index is 266. The lowest BCUT2D eigenvalue weighted by molar-refractivity contribution is 0.441. The smallest absolute Gasteiger partial charge is 0.212 e. The van der Waals surface area contributed by atoms with Gasteiger partial charge >= 0.3 is 0 Å². The van der Waals surface area contributed by atoms with E-state index in [1.54, 1.807) is 13.8 Å². The average Bonchev–Trinajstić information content (AvgIpc) is 2.01. The topological polar surface area (TPSA) is 61.2 Å². The second-order valence-electron chi connectivity index (χ2n) is 2.64. The van der Waals surface area contributed by atoms with Crippen molar-refractivity contribution in [1.29, 1.82) is 5.26 Å². The molecule has 0 heterocycles. The zero-order chi connectivity index (χ0) is 9.78. The fourth-order valence-corrected chi connectivity index (χ4v) is 2.06. The van der Waals surface area contributed by atoms with E-state index in [9.17, 15) is 8.42 Å². The summed E-state index contributed by atoms with van der Waals surface area (Å²) in [5.74, 6) is 0.107. The summed E-state index contributed by atoms with van der Waals surface area (Å²) in [5, 5.41) is 8.48. The molecule has 0 bridgehead atoms. The van der Waals surface area contributed by atoms with Gasteiger partial charge in [-0.2, -0.15) is 9.57 Å². The number of nitrogens with zero attached hydrogens (tertiary/aromatic N) is 2. The van der Waals surface area contributed by atoms with Crippen LogP contribution in [-0.4, -0.2) is 31.6 Å². The van der Waals surface area contributed by atoms with E-state index in [0.29, 0.717) is 6.42 Å². The molecule has 0 saturated carbocycles. The molecular weight excluding hydrogens is 176 g/mol. The molecule has 0 rings (SSSR count). The average molecular weight is 190 g/mol. The van der Waals surface area contributed by atoms with Gasteiger partial charge in [-0.15, -0.1) is 0 Å². The van der Waals surface area contributed by atoms with Gasteiger partial charge in [-0.25, -0.2) is 8.42 Å². The van der Waals surface area contributed by atoms with Crippen LogP contribution in [0.15, 0.2) is 0 Å². The summed E-state index contributed by atoms with van der Waals surface area (Å²) in [4.78, 5) is 0. The van der Waals surface area contributed by atoms with E-state index in [4.69, 9.17) is 5.26 Å². The quantitative estimate of drug-likeness (QED) is 0.651. The zero-order valence-electron chi connectivity index (χ0n) is 7.61. The predicted octanol–water partition coefficient (Wildman–Crippen LogP) is 0.570. The van der Waals surface area contributed by atoms with Gasteiger partial charge in [-0.05, 0) is 13.3 Å². The molecule has 4 nitrogen and oxygen atoms in total. The Morgan fingerprint density at radius 2 is 2.08 bits per heavy atom. The van der Waals surface area contributed by atoms with E-state index in [1.807, 2.05) is 6.07 Å². The van der Waals surface area contributed by atoms with Gasteiger partial charge in [0.1, 0.15) is 6.04 Å². The Hall–Kier alpha value is -0.600. The minimum atomic E-state index is -3.21. The van der Waals surface area contributed by atoms with Crippen molar-refractivity contribution in [2.45, 2.75) is 26.3 Å². The van der Waals surface area contributed by atoms with Crippen molar-refractivity contribution in [3.8, 4) is 6.07 Å². The fraction of sp³-hybridized carbons (Fsp3) is 0.857. The van der Waals surface area contributed by atoms with E-state index >= 15 is 0 Å². The molecule has 0 radical (unpaired) electrons. The summed E-state index contributed by atoms with van der Waals surface area (Å²) >= 11 is 0. The molecule has 0 fully saturated rings. The first-order valence-electron chi connectivity index (χ1n) is 3.81. The van der Waals surface area contributed by atoms with Crippen LogP contribution in [-0.2, 0) is 10.0 Å². The van der Waals surface area contributed by atoms with Gasteiger partial charge in [0.2, 0.25) is 10.0 Å². The lowest BCUT2D eigenvalue weighted by Gasteiger charge is -2.18. The van der Waals surface area contributed by atoms with Crippen LogP contribution < -0.4 is 0 Å². The van der Waals surface area contributed by atoms with Crippen LogP contribution in [0.5, 0.6) is 0 Å². The highest BCUT2D eigenvalue weighted by molar-refractivity contribution is 7.89. The van der Waals surface area contributed by atoms with Crippen molar-refractivity contribution in [3.63, 3.8) is 0 Å². The summed E-state index contributed by atoms with van der Waals surface area (Å²) < 4.78 is 23.7. The van der Waals surface area contributed by atoms with Crippen LogP contribution in [0.1, 0.15) is 20.3 Å². The van der Waals surface area contributed by atoms with Crippen molar-refractivity contribution < 1.29 is 8.42 Å². The third-order valence-corrected chi connectivity index (χ3v) is 3.75. The molecule has 70 valence electrons. The van der Waals surface area contributed by atoms with E-state index in [-0.39, 0.29) is 5.75 Å². The van der Waals surface area contributed by atoms with Gasteiger partial charge in [0.05, 0.1) is 11.8 Å². The largest absolute Gasteiger partial charge is 0.215 e. The van der Waals surface area contributed by atoms with Gasteiger partial charge in [0, 0.05) is 7.05 Å². The lowest BCUT2D eigenvalue weighted by Crippen LogP contribution is -2.35. The number of hydrogen-bond donors (Lipinski definition) is 0. The molecule has 0 aromatic rings. The summed E-state index contributed by atoms with van der Waals surface area (Å²) in [6, 6.07) is 1.29. The Labute approximate surface area is 73.8 Å². The summed E-state index contributed by atoms with van der Waals surface area (Å²) in [7, 11) is -1.78. The highest BCUT2D eigenvalue weighted by Crippen LogP contribution is 2.04. The van der Waals surface area contributed by atoms with Crippen molar-refractivity contribution in [2.75, 3.05) is 12.8 Å². The van der Waals surface area contributed by atoms with Crippen LogP contribution in [0.3, 0.4) is 0 Å². The molecule has 1 atom stereocenters. The molecule has 0 N–H and O–H groups in total. The Morgan fingerprint density at radius 3 is 2.42 bits per heavy atom. The Kier molecular flexibility index (Phi) is 4.21. The Morgan fingerprint density at radius 1 is 1.58 bits per heavy atom. The van der Waals surface area contributed by atoms with E-state index in [1.165, 1.54) is 7.05 Å². The van der Waals surface area contributed by atoms with Crippen LogP contribution in [0.4, 0.5) is 0 Å². The molecule has 1 unspecified atom stereocenters. The zero-order valence-corrected chi connectivity index (χ0v) is 8.43. The number of nitriles is 1. The minimum Gasteiger partial charge on any atom is -0.212 e. The molecule has 12 heavy (non-hydrogen) atoms. The molecular formula is C7H14N2O2S. The van der Waals surface area contributed by atoms with Crippen LogP contribution >= 0.6 is 0 Å². The maximum atomic E-state index is 11.3. The van der Waals surface area contributed by atoms with E-state index < -0.39 is 16.1 Å². The number of sulfonamides is 1.